The van der Waals surface area contributed by atoms with Crippen LogP contribution in [0.25, 0.3) is 0 Å². The summed E-state index contributed by atoms with van der Waals surface area (Å²) in [7, 11) is 1.39. The van der Waals surface area contributed by atoms with Crippen molar-refractivity contribution >= 4 is 12.1 Å². The van der Waals surface area contributed by atoms with Crippen molar-refractivity contribution in [3.63, 3.8) is 0 Å². The van der Waals surface area contributed by atoms with Crippen LogP contribution < -0.4 is 0 Å². The second-order valence-electron chi connectivity index (χ2n) is 11.2. The molecule has 1 amide bonds. The molecule has 2 fully saturated rings. The Bertz CT molecular complexity index is 1340. The van der Waals surface area contributed by atoms with E-state index < -0.39 is 18.1 Å². The fourth-order valence-electron chi connectivity index (χ4n) is 7.07. The molecule has 0 bridgehead atoms. The summed E-state index contributed by atoms with van der Waals surface area (Å²) in [6, 6.07) is 27.1. The first-order chi connectivity index (χ1) is 19.1. The molecular weight excluding hydrogens is 488 g/mol. The molecule has 2 aliphatic carbocycles. The van der Waals surface area contributed by atoms with Crippen LogP contribution in [0.1, 0.15) is 47.1 Å². The highest BCUT2D eigenvalue weighted by molar-refractivity contribution is 5.82. The van der Waals surface area contributed by atoms with Crippen LogP contribution in [0.3, 0.4) is 0 Å². The van der Waals surface area contributed by atoms with E-state index in [1.165, 1.54) is 29.4 Å². The van der Waals surface area contributed by atoms with E-state index in [4.69, 9.17) is 9.47 Å². The maximum Gasteiger partial charge on any atom is 0.410 e. The zero-order chi connectivity index (χ0) is 26.8. The van der Waals surface area contributed by atoms with Gasteiger partial charge in [0, 0.05) is 31.1 Å². The van der Waals surface area contributed by atoms with Crippen molar-refractivity contribution in [2.24, 2.45) is 0 Å². The molecule has 6 heteroatoms. The van der Waals surface area contributed by atoms with Crippen LogP contribution in [0, 0.1) is 0 Å². The molecule has 6 nitrogen and oxygen atoms in total. The number of benzene rings is 3. The lowest BCUT2D eigenvalue weighted by molar-refractivity contribution is -0.149. The van der Waals surface area contributed by atoms with E-state index in [0.29, 0.717) is 25.7 Å². The van der Waals surface area contributed by atoms with Crippen molar-refractivity contribution in [2.75, 3.05) is 26.7 Å². The quantitative estimate of drug-likeness (QED) is 0.444. The molecule has 3 aliphatic rings. The van der Waals surface area contributed by atoms with Gasteiger partial charge in [0.1, 0.15) is 12.6 Å². The standard InChI is InChI=1S/C33H36N2O4/c1-38-31(36)30-22-34(17-18-35(30)32(37)39-23-24-9-3-2-4-10-24)28-15-16-33(21-28)20-27-13-6-5-11-25(27)19-26-12-7-8-14-29(26)33/h2-14,28,30H,15-23H2,1H3. The van der Waals surface area contributed by atoms with Crippen LogP contribution >= 0.6 is 0 Å². The van der Waals surface area contributed by atoms with E-state index in [1.807, 2.05) is 30.3 Å². The van der Waals surface area contributed by atoms with Crippen molar-refractivity contribution in [2.45, 2.75) is 56.2 Å². The first-order valence-electron chi connectivity index (χ1n) is 14.0. The van der Waals surface area contributed by atoms with Gasteiger partial charge in [0.15, 0.2) is 0 Å². The van der Waals surface area contributed by atoms with E-state index in [9.17, 15) is 9.59 Å². The summed E-state index contributed by atoms with van der Waals surface area (Å²) in [6.45, 7) is 1.80. The third-order valence-corrected chi connectivity index (χ3v) is 9.04. The number of ether oxygens (including phenoxy) is 2. The lowest BCUT2D eigenvalue weighted by Gasteiger charge is -2.42. The summed E-state index contributed by atoms with van der Waals surface area (Å²) in [5.41, 5.74) is 6.80. The fraction of sp³-hybridized carbons (Fsp3) is 0.394. The minimum Gasteiger partial charge on any atom is -0.467 e. The lowest BCUT2D eigenvalue weighted by Crippen LogP contribution is -2.60. The third-order valence-electron chi connectivity index (χ3n) is 9.04. The van der Waals surface area contributed by atoms with Gasteiger partial charge in [-0.15, -0.1) is 0 Å². The Balaban J connectivity index is 1.19. The number of nitrogens with zero attached hydrogens (tertiary/aromatic N) is 2. The van der Waals surface area contributed by atoms with Crippen molar-refractivity contribution < 1.29 is 19.1 Å². The first kappa shape index (κ1) is 25.6. The summed E-state index contributed by atoms with van der Waals surface area (Å²) in [5, 5.41) is 0. The molecule has 202 valence electrons. The number of fused-ring (bicyclic) bond motifs is 3. The highest BCUT2D eigenvalue weighted by atomic mass is 16.6. The van der Waals surface area contributed by atoms with E-state index >= 15 is 0 Å². The zero-order valence-electron chi connectivity index (χ0n) is 22.6. The van der Waals surface area contributed by atoms with E-state index in [-0.39, 0.29) is 12.0 Å². The Morgan fingerprint density at radius 1 is 0.897 bits per heavy atom. The molecule has 0 N–H and O–H groups in total. The molecular formula is C33H36N2O4. The zero-order valence-corrected chi connectivity index (χ0v) is 22.6. The van der Waals surface area contributed by atoms with E-state index in [0.717, 1.165) is 37.7 Å². The molecule has 6 rings (SSSR count). The summed E-state index contributed by atoms with van der Waals surface area (Å²) in [5.74, 6) is -0.391. The second-order valence-corrected chi connectivity index (χ2v) is 11.2. The van der Waals surface area contributed by atoms with Crippen molar-refractivity contribution in [3.8, 4) is 0 Å². The molecule has 0 aromatic heterocycles. The van der Waals surface area contributed by atoms with Gasteiger partial charge in [-0.1, -0.05) is 78.9 Å². The van der Waals surface area contributed by atoms with Crippen LogP contribution in [0.15, 0.2) is 78.9 Å². The Morgan fingerprint density at radius 2 is 1.62 bits per heavy atom. The summed E-state index contributed by atoms with van der Waals surface area (Å²) in [6.07, 6.45) is 4.79. The Morgan fingerprint density at radius 3 is 2.41 bits per heavy atom. The van der Waals surface area contributed by atoms with E-state index in [1.54, 1.807) is 4.90 Å². The normalized spacial score (nSPS) is 24.5. The number of rotatable bonds is 4. The van der Waals surface area contributed by atoms with Gasteiger partial charge in [-0.2, -0.15) is 0 Å². The van der Waals surface area contributed by atoms with Gasteiger partial charge in [-0.3, -0.25) is 9.80 Å². The number of carbonyl (C=O) groups is 2. The molecule has 1 heterocycles. The highest BCUT2D eigenvalue weighted by Crippen LogP contribution is 2.49. The number of piperazine rings is 1. The predicted molar refractivity (Wildman–Crippen MR) is 149 cm³/mol. The van der Waals surface area contributed by atoms with Gasteiger partial charge >= 0.3 is 12.1 Å². The smallest absolute Gasteiger partial charge is 0.410 e. The predicted octanol–water partition coefficient (Wildman–Crippen LogP) is 5.12. The number of hydrogen-bond acceptors (Lipinski definition) is 5. The fourth-order valence-corrected chi connectivity index (χ4v) is 7.07. The van der Waals surface area contributed by atoms with Crippen molar-refractivity contribution in [3.05, 3.63) is 107 Å². The molecule has 1 aliphatic heterocycles. The highest BCUT2D eigenvalue weighted by Gasteiger charge is 2.47. The number of amides is 1. The van der Waals surface area contributed by atoms with E-state index in [2.05, 4.69) is 53.4 Å². The number of hydrogen-bond donors (Lipinski definition) is 0. The van der Waals surface area contributed by atoms with Crippen molar-refractivity contribution in [1.82, 2.24) is 9.80 Å². The minimum absolute atomic E-state index is 0.0837. The van der Waals surface area contributed by atoms with Crippen LogP contribution in [0.2, 0.25) is 0 Å². The number of esters is 1. The van der Waals surface area contributed by atoms with Gasteiger partial charge in [0.25, 0.3) is 0 Å². The van der Waals surface area contributed by atoms with Gasteiger partial charge in [0.2, 0.25) is 0 Å². The average Bonchev–Trinajstić information content (AvgIpc) is 3.35. The van der Waals surface area contributed by atoms with Crippen LogP contribution in [-0.4, -0.2) is 60.7 Å². The Kier molecular flexibility index (Phi) is 7.13. The van der Waals surface area contributed by atoms with Gasteiger partial charge < -0.3 is 9.47 Å². The Hall–Kier alpha value is -3.64. The maximum absolute atomic E-state index is 13.0. The molecule has 3 atom stereocenters. The molecule has 39 heavy (non-hydrogen) atoms. The van der Waals surface area contributed by atoms with Gasteiger partial charge in [-0.25, -0.2) is 9.59 Å². The summed E-state index contributed by atoms with van der Waals surface area (Å²) in [4.78, 5) is 29.9. The monoisotopic (exact) mass is 524 g/mol. The van der Waals surface area contributed by atoms with Gasteiger partial charge in [0.05, 0.1) is 7.11 Å². The van der Waals surface area contributed by atoms with Crippen LogP contribution in [-0.2, 0) is 39.1 Å². The van der Waals surface area contributed by atoms with Crippen molar-refractivity contribution in [1.29, 1.82) is 0 Å². The number of carbonyl (C=O) groups excluding carboxylic acids is 2. The molecule has 1 saturated heterocycles. The molecule has 1 saturated carbocycles. The molecule has 0 radical (unpaired) electrons. The lowest BCUT2D eigenvalue weighted by atomic mass is 9.73. The van der Waals surface area contributed by atoms with Crippen LogP contribution in [0.4, 0.5) is 4.79 Å². The number of methoxy groups -OCH3 is 1. The molecule has 3 unspecified atom stereocenters. The third kappa shape index (κ3) is 5.06. The average molecular weight is 525 g/mol. The topological polar surface area (TPSA) is 59.1 Å². The molecule has 3 aromatic carbocycles. The largest absolute Gasteiger partial charge is 0.467 e. The van der Waals surface area contributed by atoms with Gasteiger partial charge in [-0.05, 0) is 59.9 Å². The van der Waals surface area contributed by atoms with Crippen LogP contribution in [0.5, 0.6) is 0 Å². The SMILES string of the molecule is COC(=O)C1CN(C2CCC3(Cc4ccccc4Cc4ccccc43)C2)CCN1C(=O)OCc1ccccc1. The Labute approximate surface area is 230 Å². The maximum atomic E-state index is 13.0. The summed E-state index contributed by atoms with van der Waals surface area (Å²) < 4.78 is 10.7. The minimum atomic E-state index is -0.675. The summed E-state index contributed by atoms with van der Waals surface area (Å²) >= 11 is 0. The molecule has 3 aromatic rings. The molecule has 1 spiro atoms. The first-order valence-corrected chi connectivity index (χ1v) is 14.0. The second kappa shape index (κ2) is 10.9.